The Kier molecular flexibility index (Phi) is 5.36. The van der Waals surface area contributed by atoms with Crippen LogP contribution in [0.2, 0.25) is 0 Å². The molecule has 1 unspecified atom stereocenters. The van der Waals surface area contributed by atoms with Crippen molar-refractivity contribution < 1.29 is 23.1 Å². The Balaban J connectivity index is 4.16. The summed E-state index contributed by atoms with van der Waals surface area (Å²) in [6, 6.07) is 0. The molecule has 2 N–H and O–H groups in total. The van der Waals surface area contributed by atoms with Crippen LogP contribution in [-0.2, 0) is 19.6 Å². The van der Waals surface area contributed by atoms with Crippen LogP contribution in [0.15, 0.2) is 12.7 Å². The van der Waals surface area contributed by atoms with Gasteiger partial charge in [-0.05, 0) is 0 Å². The summed E-state index contributed by atoms with van der Waals surface area (Å²) in [6.45, 7) is 2.97. The largest absolute Gasteiger partial charge is 0.479 e. The lowest BCUT2D eigenvalue weighted by molar-refractivity contribution is -0.147. The number of aliphatic carboxylic acids is 1. The number of carbonyl (C=O) groups is 1. The van der Waals surface area contributed by atoms with Gasteiger partial charge in [-0.3, -0.25) is 0 Å². The van der Waals surface area contributed by atoms with E-state index in [0.29, 0.717) is 0 Å². The average Bonchev–Trinajstić information content (AvgIpc) is 2.04. The third kappa shape index (κ3) is 4.95. The highest BCUT2D eigenvalue weighted by Gasteiger charge is 2.18. The van der Waals surface area contributed by atoms with Gasteiger partial charge in [0.05, 0.1) is 5.75 Å². The number of ether oxygens (including phenoxy) is 1. The van der Waals surface area contributed by atoms with Gasteiger partial charge in [-0.25, -0.2) is 17.9 Å². The number of sulfonamides is 1. The molecule has 1 atom stereocenters. The molecule has 6 nitrogen and oxygen atoms in total. The van der Waals surface area contributed by atoms with Crippen LogP contribution in [0.3, 0.4) is 0 Å². The summed E-state index contributed by atoms with van der Waals surface area (Å²) in [7, 11) is -2.29. The monoisotopic (exact) mass is 223 g/mol. The zero-order valence-electron chi connectivity index (χ0n) is 7.76. The summed E-state index contributed by atoms with van der Waals surface area (Å²) in [6.07, 6.45) is 0.0415. The van der Waals surface area contributed by atoms with Gasteiger partial charge in [0.15, 0.2) is 6.10 Å². The molecule has 82 valence electrons. The quantitative estimate of drug-likeness (QED) is 0.551. The lowest BCUT2D eigenvalue weighted by atomic mass is 10.4. The summed E-state index contributed by atoms with van der Waals surface area (Å²) in [4.78, 5) is 10.4. The van der Waals surface area contributed by atoms with Gasteiger partial charge in [-0.15, -0.1) is 6.58 Å². The van der Waals surface area contributed by atoms with Gasteiger partial charge in [-0.2, -0.15) is 0 Å². The maximum absolute atomic E-state index is 11.0. The third-order valence-corrected chi connectivity index (χ3v) is 2.67. The highest BCUT2D eigenvalue weighted by molar-refractivity contribution is 7.89. The van der Waals surface area contributed by atoms with Gasteiger partial charge in [0, 0.05) is 13.7 Å². The number of carboxylic acid groups (broad SMARTS) is 1. The standard InChI is InChI=1S/C7H13NO5S/c1-3-4-14(11,12)8-5-6(13-2)7(9)10/h3,6,8H,1,4-5H2,2H3,(H,9,10). The fourth-order valence-electron chi connectivity index (χ4n) is 0.688. The van der Waals surface area contributed by atoms with E-state index in [1.54, 1.807) is 0 Å². The maximum Gasteiger partial charge on any atom is 0.334 e. The molecule has 7 heteroatoms. The van der Waals surface area contributed by atoms with Gasteiger partial charge in [-0.1, -0.05) is 6.08 Å². The fourth-order valence-corrected chi connectivity index (χ4v) is 1.52. The topological polar surface area (TPSA) is 92.7 Å². The van der Waals surface area contributed by atoms with Crippen molar-refractivity contribution in [2.24, 2.45) is 0 Å². The highest BCUT2D eigenvalue weighted by atomic mass is 32.2. The lowest BCUT2D eigenvalue weighted by Gasteiger charge is -2.10. The normalized spacial score (nSPS) is 13.5. The number of hydrogen-bond donors (Lipinski definition) is 2. The second kappa shape index (κ2) is 5.74. The molecule has 0 radical (unpaired) electrons. The number of hydrogen-bond acceptors (Lipinski definition) is 4. The van der Waals surface area contributed by atoms with E-state index in [1.807, 2.05) is 0 Å². The first-order chi connectivity index (χ1) is 6.43. The van der Waals surface area contributed by atoms with Crippen molar-refractivity contribution in [2.75, 3.05) is 19.4 Å². The van der Waals surface area contributed by atoms with E-state index in [2.05, 4.69) is 16.0 Å². The SMILES string of the molecule is C=CCS(=O)(=O)NCC(OC)C(=O)O. The van der Waals surface area contributed by atoms with Gasteiger partial charge in [0.25, 0.3) is 0 Å². The minimum atomic E-state index is -3.48. The molecule has 14 heavy (non-hydrogen) atoms. The van der Waals surface area contributed by atoms with Crippen molar-refractivity contribution in [3.63, 3.8) is 0 Å². The summed E-state index contributed by atoms with van der Waals surface area (Å²) < 4.78 is 28.7. The molecule has 0 bridgehead atoms. The molecule has 0 aromatic carbocycles. The van der Waals surface area contributed by atoms with E-state index in [-0.39, 0.29) is 12.3 Å². The van der Waals surface area contributed by atoms with Crippen molar-refractivity contribution in [1.29, 1.82) is 0 Å². The summed E-state index contributed by atoms with van der Waals surface area (Å²) in [5, 5.41) is 8.52. The molecular weight excluding hydrogens is 210 g/mol. The molecule has 0 heterocycles. The molecule has 0 amide bonds. The van der Waals surface area contributed by atoms with E-state index in [1.165, 1.54) is 13.2 Å². The molecule has 0 rings (SSSR count). The number of carboxylic acids is 1. The van der Waals surface area contributed by atoms with E-state index in [4.69, 9.17) is 5.11 Å². The Morgan fingerprint density at radius 2 is 2.29 bits per heavy atom. The second-order valence-corrected chi connectivity index (χ2v) is 4.33. The van der Waals surface area contributed by atoms with Gasteiger partial charge >= 0.3 is 5.97 Å². The second-order valence-electron chi connectivity index (χ2n) is 2.48. The minimum absolute atomic E-state index is 0.247. The van der Waals surface area contributed by atoms with Gasteiger partial charge in [0.2, 0.25) is 10.0 Å². The first-order valence-electron chi connectivity index (χ1n) is 3.76. The third-order valence-electron chi connectivity index (χ3n) is 1.39. The van der Waals surface area contributed by atoms with Crippen molar-refractivity contribution in [1.82, 2.24) is 4.72 Å². The van der Waals surface area contributed by atoms with Crippen molar-refractivity contribution in [2.45, 2.75) is 6.10 Å². The molecule has 0 aliphatic carbocycles. The molecule has 0 aromatic heterocycles. The summed E-state index contributed by atoms with van der Waals surface area (Å²) in [5.41, 5.74) is 0. The van der Waals surface area contributed by atoms with Crippen molar-refractivity contribution >= 4 is 16.0 Å². The van der Waals surface area contributed by atoms with E-state index < -0.39 is 22.1 Å². The Bertz CT molecular complexity index is 297. The first kappa shape index (κ1) is 13.1. The highest BCUT2D eigenvalue weighted by Crippen LogP contribution is 1.91. The van der Waals surface area contributed by atoms with E-state index in [9.17, 15) is 13.2 Å². The average molecular weight is 223 g/mol. The van der Waals surface area contributed by atoms with Crippen LogP contribution in [0.25, 0.3) is 0 Å². The molecule has 0 saturated carbocycles. The minimum Gasteiger partial charge on any atom is -0.479 e. The van der Waals surface area contributed by atoms with E-state index in [0.717, 1.165) is 0 Å². The molecular formula is C7H13NO5S. The Morgan fingerprint density at radius 3 is 2.64 bits per heavy atom. The lowest BCUT2D eigenvalue weighted by Crippen LogP contribution is -2.38. The number of rotatable bonds is 7. The van der Waals surface area contributed by atoms with Crippen LogP contribution in [-0.4, -0.2) is 45.0 Å². The maximum atomic E-state index is 11.0. The molecule has 0 spiro atoms. The zero-order valence-corrected chi connectivity index (χ0v) is 8.58. The molecule has 0 aliphatic heterocycles. The van der Waals surface area contributed by atoms with E-state index >= 15 is 0 Å². The summed E-state index contributed by atoms with van der Waals surface area (Å²) in [5.74, 6) is -1.46. The van der Waals surface area contributed by atoms with Crippen LogP contribution < -0.4 is 4.72 Å². The fraction of sp³-hybridized carbons (Fsp3) is 0.571. The van der Waals surface area contributed by atoms with Crippen molar-refractivity contribution in [3.8, 4) is 0 Å². The molecule has 0 fully saturated rings. The van der Waals surface area contributed by atoms with Crippen LogP contribution in [0.5, 0.6) is 0 Å². The smallest absolute Gasteiger partial charge is 0.334 e. The first-order valence-corrected chi connectivity index (χ1v) is 5.42. The van der Waals surface area contributed by atoms with Gasteiger partial charge in [0.1, 0.15) is 0 Å². The zero-order chi connectivity index (χ0) is 11.2. The number of methoxy groups -OCH3 is 1. The Labute approximate surface area is 82.6 Å². The van der Waals surface area contributed by atoms with Crippen LogP contribution >= 0.6 is 0 Å². The molecule has 0 aromatic rings. The predicted octanol–water partition coefficient (Wildman–Crippen LogP) is -0.809. The van der Waals surface area contributed by atoms with Gasteiger partial charge < -0.3 is 9.84 Å². The van der Waals surface area contributed by atoms with Crippen LogP contribution in [0, 0.1) is 0 Å². The predicted molar refractivity (Wildman–Crippen MR) is 50.4 cm³/mol. The summed E-state index contributed by atoms with van der Waals surface area (Å²) >= 11 is 0. The van der Waals surface area contributed by atoms with Crippen LogP contribution in [0.4, 0.5) is 0 Å². The van der Waals surface area contributed by atoms with Crippen molar-refractivity contribution in [3.05, 3.63) is 12.7 Å². The Morgan fingerprint density at radius 1 is 1.71 bits per heavy atom. The Hall–Kier alpha value is -0.920. The number of nitrogens with one attached hydrogen (secondary N) is 1. The molecule has 0 saturated heterocycles. The molecule has 0 aliphatic rings. The van der Waals surface area contributed by atoms with Crippen LogP contribution in [0.1, 0.15) is 0 Å².